The Labute approximate surface area is 176 Å². The zero-order chi connectivity index (χ0) is 20.1. The van der Waals surface area contributed by atoms with Crippen molar-refractivity contribution < 1.29 is 8.42 Å². The van der Waals surface area contributed by atoms with Crippen LogP contribution in [0.4, 0.5) is 5.13 Å². The second-order valence-corrected chi connectivity index (χ2v) is 10.8. The zero-order valence-electron chi connectivity index (χ0n) is 14.7. The second kappa shape index (κ2) is 9.01. The highest BCUT2D eigenvalue weighted by molar-refractivity contribution is 7.91. The number of thiophene rings is 1. The number of nitrogens with two attached hydrogens (primary N) is 2. The van der Waals surface area contributed by atoms with Crippen LogP contribution in [0.1, 0.15) is 10.4 Å². The number of sulfonamides is 1. The number of hydrogen-bond donors (Lipinski definition) is 2. The lowest BCUT2D eigenvalue weighted by Crippen LogP contribution is -2.31. The Balaban J connectivity index is 1.85. The summed E-state index contributed by atoms with van der Waals surface area (Å²) >= 11 is 8.22. The van der Waals surface area contributed by atoms with E-state index >= 15 is 0 Å². The van der Waals surface area contributed by atoms with Gasteiger partial charge in [-0.3, -0.25) is 0 Å². The summed E-state index contributed by atoms with van der Waals surface area (Å²) in [6.07, 6.45) is 2.16. The lowest BCUT2D eigenvalue weighted by molar-refractivity contribution is 0.413. The van der Waals surface area contributed by atoms with E-state index in [4.69, 9.17) is 23.1 Å². The molecule has 0 unspecified atom stereocenters. The van der Waals surface area contributed by atoms with Crippen molar-refractivity contribution in [2.45, 2.75) is 17.2 Å². The highest BCUT2D eigenvalue weighted by Crippen LogP contribution is 2.30. The molecule has 0 aliphatic rings. The molecule has 11 heteroatoms. The Morgan fingerprint density at radius 1 is 1.14 bits per heavy atom. The summed E-state index contributed by atoms with van der Waals surface area (Å²) < 4.78 is 28.4. The number of halogens is 1. The average molecular weight is 456 g/mol. The Bertz CT molecular complexity index is 1060. The Morgan fingerprint density at radius 2 is 1.89 bits per heavy atom. The van der Waals surface area contributed by atoms with Gasteiger partial charge in [-0.1, -0.05) is 53.3 Å². The van der Waals surface area contributed by atoms with Crippen LogP contribution in [0.5, 0.6) is 0 Å². The minimum Gasteiger partial charge on any atom is -0.370 e. The van der Waals surface area contributed by atoms with Gasteiger partial charge in [0.1, 0.15) is 4.21 Å². The van der Waals surface area contributed by atoms with Gasteiger partial charge in [-0.25, -0.2) is 13.4 Å². The van der Waals surface area contributed by atoms with Gasteiger partial charge < -0.3 is 11.5 Å². The van der Waals surface area contributed by atoms with E-state index in [9.17, 15) is 8.42 Å². The van der Waals surface area contributed by atoms with Crippen molar-refractivity contribution in [1.29, 1.82) is 0 Å². The Kier molecular flexibility index (Phi) is 6.68. The Morgan fingerprint density at radius 3 is 2.54 bits per heavy atom. The summed E-state index contributed by atoms with van der Waals surface area (Å²) in [6.45, 7) is 0.486. The largest absolute Gasteiger partial charge is 0.370 e. The minimum absolute atomic E-state index is 0.0947. The minimum atomic E-state index is -3.70. The molecule has 0 amide bonds. The summed E-state index contributed by atoms with van der Waals surface area (Å²) in [4.78, 5) is 8.75. The van der Waals surface area contributed by atoms with E-state index < -0.39 is 10.0 Å². The summed E-state index contributed by atoms with van der Waals surface area (Å²) in [5.74, 6) is -0.0947. The molecule has 4 N–H and O–H groups in total. The maximum Gasteiger partial charge on any atom is 0.252 e. The maximum atomic E-state index is 13.2. The fourth-order valence-electron chi connectivity index (χ4n) is 2.45. The first kappa shape index (κ1) is 20.7. The predicted octanol–water partition coefficient (Wildman–Crippen LogP) is 3.20. The molecule has 3 aromatic rings. The van der Waals surface area contributed by atoms with Crippen LogP contribution in [-0.2, 0) is 23.0 Å². The van der Waals surface area contributed by atoms with E-state index in [1.807, 2.05) is 30.3 Å². The van der Waals surface area contributed by atoms with E-state index in [1.54, 1.807) is 12.3 Å². The molecule has 0 saturated carbocycles. The number of guanidine groups is 1. The summed E-state index contributed by atoms with van der Waals surface area (Å²) in [6, 6.07) is 12.8. The molecule has 1 aromatic carbocycles. The lowest BCUT2D eigenvalue weighted by Gasteiger charge is -2.20. The SMILES string of the molecule is NC(N)=Nc1ncc(CN(CCc2ccccc2)S(=O)(=O)c2ccc(Cl)s2)s1. The third-order valence-electron chi connectivity index (χ3n) is 3.73. The van der Waals surface area contributed by atoms with Gasteiger partial charge in [-0.05, 0) is 24.1 Å². The van der Waals surface area contributed by atoms with Crippen molar-refractivity contribution in [3.8, 4) is 0 Å². The molecule has 0 spiro atoms. The van der Waals surface area contributed by atoms with Crippen molar-refractivity contribution in [2.24, 2.45) is 16.5 Å². The van der Waals surface area contributed by atoms with Gasteiger partial charge in [0.15, 0.2) is 5.96 Å². The van der Waals surface area contributed by atoms with Crippen LogP contribution in [0, 0.1) is 0 Å². The van der Waals surface area contributed by atoms with Crippen LogP contribution in [0.15, 0.2) is 57.9 Å². The third kappa shape index (κ3) is 5.30. The number of nitrogens with zero attached hydrogens (tertiary/aromatic N) is 3. The van der Waals surface area contributed by atoms with Crippen molar-refractivity contribution in [2.75, 3.05) is 6.54 Å². The normalized spacial score (nSPS) is 11.6. The fourth-order valence-corrected chi connectivity index (χ4v) is 6.41. The molecule has 28 heavy (non-hydrogen) atoms. The number of thiazole rings is 1. The first-order valence-electron chi connectivity index (χ1n) is 8.18. The molecular weight excluding hydrogens is 438 g/mol. The highest BCUT2D eigenvalue weighted by atomic mass is 35.5. The topological polar surface area (TPSA) is 115 Å². The van der Waals surface area contributed by atoms with Crippen LogP contribution in [-0.4, -0.2) is 30.2 Å². The first-order valence-corrected chi connectivity index (χ1v) is 11.6. The number of aliphatic imine (C=N–C) groups is 1. The first-order chi connectivity index (χ1) is 13.3. The molecule has 3 rings (SSSR count). The fraction of sp³-hybridized carbons (Fsp3) is 0.176. The van der Waals surface area contributed by atoms with E-state index in [0.717, 1.165) is 21.8 Å². The lowest BCUT2D eigenvalue weighted by atomic mass is 10.1. The number of aromatic nitrogens is 1. The average Bonchev–Trinajstić information content (AvgIpc) is 3.28. The molecule has 148 valence electrons. The molecule has 0 aliphatic heterocycles. The van der Waals surface area contributed by atoms with Crippen LogP contribution in [0.3, 0.4) is 0 Å². The van der Waals surface area contributed by atoms with E-state index in [2.05, 4.69) is 9.98 Å². The molecule has 0 bridgehead atoms. The molecule has 2 heterocycles. The van der Waals surface area contributed by atoms with Crippen LogP contribution in [0.2, 0.25) is 4.34 Å². The van der Waals surface area contributed by atoms with Gasteiger partial charge in [0.2, 0.25) is 5.13 Å². The molecule has 7 nitrogen and oxygen atoms in total. The van der Waals surface area contributed by atoms with Crippen LogP contribution in [0.25, 0.3) is 0 Å². The summed E-state index contributed by atoms with van der Waals surface area (Å²) in [5.41, 5.74) is 11.8. The van der Waals surface area contributed by atoms with Crippen LogP contribution < -0.4 is 11.5 Å². The van der Waals surface area contributed by atoms with Crippen molar-refractivity contribution in [3.63, 3.8) is 0 Å². The van der Waals surface area contributed by atoms with Gasteiger partial charge in [0, 0.05) is 17.6 Å². The van der Waals surface area contributed by atoms with Crippen molar-refractivity contribution in [3.05, 3.63) is 63.4 Å². The third-order valence-corrected chi connectivity index (χ3v) is 8.15. The molecule has 0 aliphatic carbocycles. The number of benzene rings is 1. The smallest absolute Gasteiger partial charge is 0.252 e. The number of hydrogen-bond acceptors (Lipinski definition) is 6. The quantitative estimate of drug-likeness (QED) is 0.399. The van der Waals surface area contributed by atoms with Crippen molar-refractivity contribution >= 4 is 55.4 Å². The maximum absolute atomic E-state index is 13.2. The summed E-state index contributed by atoms with van der Waals surface area (Å²) in [5, 5.41) is 0.384. The van der Waals surface area contributed by atoms with E-state index in [1.165, 1.54) is 21.7 Å². The van der Waals surface area contributed by atoms with Gasteiger partial charge in [0.05, 0.1) is 10.9 Å². The van der Waals surface area contributed by atoms with E-state index in [0.29, 0.717) is 22.4 Å². The number of rotatable bonds is 8. The molecule has 2 aromatic heterocycles. The molecular formula is C17H18ClN5O2S3. The zero-order valence-corrected chi connectivity index (χ0v) is 17.9. The van der Waals surface area contributed by atoms with Gasteiger partial charge >= 0.3 is 0 Å². The monoisotopic (exact) mass is 455 g/mol. The standard InChI is InChI=1S/C17H18ClN5O2S3/c18-14-6-7-15(27-14)28(24,25)23(9-8-12-4-2-1-3-5-12)11-13-10-21-17(26-13)22-16(19)20/h1-7,10H,8-9,11H2,(H4,19,20,21,22). The van der Waals surface area contributed by atoms with E-state index in [-0.39, 0.29) is 16.7 Å². The molecule has 0 fully saturated rings. The molecule has 0 saturated heterocycles. The van der Waals surface area contributed by atoms with Crippen molar-refractivity contribution in [1.82, 2.24) is 9.29 Å². The molecule has 0 atom stereocenters. The predicted molar refractivity (Wildman–Crippen MR) is 115 cm³/mol. The molecule has 0 radical (unpaired) electrons. The van der Waals surface area contributed by atoms with Gasteiger partial charge in [0.25, 0.3) is 10.0 Å². The van der Waals surface area contributed by atoms with Crippen LogP contribution >= 0.6 is 34.3 Å². The van der Waals surface area contributed by atoms with Gasteiger partial charge in [-0.15, -0.1) is 11.3 Å². The van der Waals surface area contributed by atoms with Gasteiger partial charge in [-0.2, -0.15) is 9.30 Å². The Hall–Kier alpha value is -1.98. The second-order valence-electron chi connectivity index (χ2n) is 5.78. The highest BCUT2D eigenvalue weighted by Gasteiger charge is 2.27. The summed E-state index contributed by atoms with van der Waals surface area (Å²) in [7, 11) is -3.70.